The highest BCUT2D eigenvalue weighted by Crippen LogP contribution is 2.15. The molecule has 5 nitrogen and oxygen atoms in total. The van der Waals surface area contributed by atoms with Gasteiger partial charge in [0.25, 0.3) is 5.91 Å². The van der Waals surface area contributed by atoms with Crippen molar-refractivity contribution in [2.24, 2.45) is 0 Å². The van der Waals surface area contributed by atoms with E-state index in [0.717, 1.165) is 18.8 Å². The van der Waals surface area contributed by atoms with Crippen molar-refractivity contribution in [2.75, 3.05) is 19.6 Å². The summed E-state index contributed by atoms with van der Waals surface area (Å²) in [6, 6.07) is 8.26. The normalized spacial score (nSPS) is 18.5. The van der Waals surface area contributed by atoms with Crippen LogP contribution in [-0.2, 0) is 0 Å². The fourth-order valence-corrected chi connectivity index (χ4v) is 3.08. The third-order valence-corrected chi connectivity index (χ3v) is 4.54. The lowest BCUT2D eigenvalue weighted by molar-refractivity contribution is 0.0933. The third-order valence-electron chi connectivity index (χ3n) is 4.54. The Hall–Kier alpha value is -2.21. The average molecular weight is 330 g/mol. The number of nitrogens with one attached hydrogen (secondary N) is 1. The summed E-state index contributed by atoms with van der Waals surface area (Å²) < 4.78 is 14.5. The largest absolute Gasteiger partial charge is 0.349 e. The predicted octanol–water partition coefficient (Wildman–Crippen LogP) is 2.62. The summed E-state index contributed by atoms with van der Waals surface area (Å²) in [5.41, 5.74) is 1.09. The molecule has 1 aromatic heterocycles. The first-order chi connectivity index (χ1) is 11.6. The van der Waals surface area contributed by atoms with Crippen LogP contribution in [-0.4, -0.2) is 46.3 Å². The quantitative estimate of drug-likeness (QED) is 0.917. The van der Waals surface area contributed by atoms with Crippen LogP contribution in [0, 0.1) is 5.82 Å². The molecular formula is C18H23FN4O. The lowest BCUT2D eigenvalue weighted by Crippen LogP contribution is -2.42. The van der Waals surface area contributed by atoms with Crippen molar-refractivity contribution in [3.63, 3.8) is 0 Å². The van der Waals surface area contributed by atoms with Crippen molar-refractivity contribution in [3.05, 3.63) is 48.0 Å². The van der Waals surface area contributed by atoms with Gasteiger partial charge in [0.2, 0.25) is 0 Å². The Kier molecular flexibility index (Phi) is 5.25. The molecule has 0 radical (unpaired) electrons. The van der Waals surface area contributed by atoms with E-state index in [1.807, 2.05) is 0 Å². The highest BCUT2D eigenvalue weighted by molar-refractivity contribution is 5.92. The van der Waals surface area contributed by atoms with Crippen molar-refractivity contribution in [2.45, 2.75) is 32.2 Å². The Balaban J connectivity index is 1.53. The Morgan fingerprint density at radius 2 is 2.08 bits per heavy atom. The van der Waals surface area contributed by atoms with Gasteiger partial charge in [-0.05, 0) is 56.6 Å². The molecule has 2 aromatic rings. The topological polar surface area (TPSA) is 50.2 Å². The summed E-state index contributed by atoms with van der Waals surface area (Å²) in [6.07, 6.45) is 5.47. The molecule has 1 saturated heterocycles. The molecule has 1 amide bonds. The molecule has 6 heteroatoms. The standard InChI is InChI=1S/C18H23FN4O/c1-14-4-2-3-11-22(14)13-10-20-18(24)17-9-12-23(21-17)16-7-5-15(19)6-8-16/h5-9,12,14H,2-4,10-11,13H2,1H3,(H,20,24). The second-order valence-corrected chi connectivity index (χ2v) is 6.26. The highest BCUT2D eigenvalue weighted by Gasteiger charge is 2.18. The second-order valence-electron chi connectivity index (χ2n) is 6.26. The number of hydrogen-bond acceptors (Lipinski definition) is 3. The van der Waals surface area contributed by atoms with E-state index in [0.29, 0.717) is 18.3 Å². The summed E-state index contributed by atoms with van der Waals surface area (Å²) in [7, 11) is 0. The van der Waals surface area contributed by atoms with Crippen LogP contribution in [0.5, 0.6) is 0 Å². The molecule has 1 aliphatic heterocycles. The Morgan fingerprint density at radius 3 is 2.83 bits per heavy atom. The molecule has 2 heterocycles. The molecule has 1 fully saturated rings. The van der Waals surface area contributed by atoms with E-state index in [2.05, 4.69) is 22.2 Å². The van der Waals surface area contributed by atoms with Gasteiger partial charge in [-0.25, -0.2) is 9.07 Å². The van der Waals surface area contributed by atoms with Gasteiger partial charge in [0.1, 0.15) is 5.82 Å². The lowest BCUT2D eigenvalue weighted by atomic mass is 10.0. The van der Waals surface area contributed by atoms with Gasteiger partial charge < -0.3 is 5.32 Å². The first-order valence-electron chi connectivity index (χ1n) is 8.47. The minimum atomic E-state index is -0.296. The van der Waals surface area contributed by atoms with Gasteiger partial charge >= 0.3 is 0 Å². The van der Waals surface area contributed by atoms with Crippen LogP contribution in [0.25, 0.3) is 5.69 Å². The smallest absolute Gasteiger partial charge is 0.271 e. The fourth-order valence-electron chi connectivity index (χ4n) is 3.08. The maximum Gasteiger partial charge on any atom is 0.271 e. The maximum atomic E-state index is 13.0. The van der Waals surface area contributed by atoms with Gasteiger partial charge in [-0.2, -0.15) is 5.10 Å². The molecule has 0 aliphatic carbocycles. The van der Waals surface area contributed by atoms with Crippen molar-refractivity contribution in [1.82, 2.24) is 20.0 Å². The number of likely N-dealkylation sites (tertiary alicyclic amines) is 1. The number of benzene rings is 1. The number of carbonyl (C=O) groups excluding carboxylic acids is 1. The molecule has 0 spiro atoms. The van der Waals surface area contributed by atoms with Gasteiger partial charge in [0.05, 0.1) is 5.69 Å². The van der Waals surface area contributed by atoms with E-state index in [9.17, 15) is 9.18 Å². The van der Waals surface area contributed by atoms with Gasteiger partial charge in [-0.1, -0.05) is 6.42 Å². The molecule has 1 unspecified atom stereocenters. The summed E-state index contributed by atoms with van der Waals surface area (Å²) in [5, 5.41) is 7.18. The number of hydrogen-bond donors (Lipinski definition) is 1. The summed E-state index contributed by atoms with van der Waals surface area (Å²) in [4.78, 5) is 14.6. The van der Waals surface area contributed by atoms with Crippen LogP contribution in [0.4, 0.5) is 4.39 Å². The van der Waals surface area contributed by atoms with Crippen molar-refractivity contribution in [3.8, 4) is 5.69 Å². The Bertz CT molecular complexity index is 683. The Morgan fingerprint density at radius 1 is 1.29 bits per heavy atom. The minimum absolute atomic E-state index is 0.180. The van der Waals surface area contributed by atoms with Crippen LogP contribution < -0.4 is 5.32 Å². The molecule has 0 saturated carbocycles. The van der Waals surface area contributed by atoms with Crippen molar-refractivity contribution < 1.29 is 9.18 Å². The number of carbonyl (C=O) groups is 1. The molecule has 0 bridgehead atoms. The van der Waals surface area contributed by atoms with E-state index in [4.69, 9.17) is 0 Å². The van der Waals surface area contributed by atoms with E-state index in [1.165, 1.54) is 31.4 Å². The molecule has 1 aromatic carbocycles. The van der Waals surface area contributed by atoms with Crippen molar-refractivity contribution in [1.29, 1.82) is 0 Å². The van der Waals surface area contributed by atoms with E-state index < -0.39 is 0 Å². The van der Waals surface area contributed by atoms with E-state index in [1.54, 1.807) is 29.1 Å². The van der Waals surface area contributed by atoms with Crippen LogP contribution in [0.1, 0.15) is 36.7 Å². The molecular weight excluding hydrogens is 307 g/mol. The maximum absolute atomic E-state index is 13.0. The first kappa shape index (κ1) is 16.6. The van der Waals surface area contributed by atoms with E-state index in [-0.39, 0.29) is 11.7 Å². The van der Waals surface area contributed by atoms with Gasteiger partial charge in [0, 0.05) is 25.3 Å². The van der Waals surface area contributed by atoms with Crippen molar-refractivity contribution >= 4 is 5.91 Å². The average Bonchev–Trinajstić information content (AvgIpc) is 3.07. The predicted molar refractivity (Wildman–Crippen MR) is 90.7 cm³/mol. The SMILES string of the molecule is CC1CCCCN1CCNC(=O)c1ccn(-c2ccc(F)cc2)n1. The van der Waals surface area contributed by atoms with E-state index >= 15 is 0 Å². The molecule has 128 valence electrons. The molecule has 3 rings (SSSR count). The molecule has 24 heavy (non-hydrogen) atoms. The number of nitrogens with zero attached hydrogens (tertiary/aromatic N) is 3. The molecule has 1 N–H and O–H groups in total. The lowest BCUT2D eigenvalue weighted by Gasteiger charge is -2.33. The third kappa shape index (κ3) is 4.00. The monoisotopic (exact) mass is 330 g/mol. The zero-order valence-electron chi connectivity index (χ0n) is 13.9. The van der Waals surface area contributed by atoms with Crippen LogP contribution >= 0.6 is 0 Å². The minimum Gasteiger partial charge on any atom is -0.349 e. The Labute approximate surface area is 141 Å². The number of aromatic nitrogens is 2. The molecule has 1 atom stereocenters. The summed E-state index contributed by atoms with van der Waals surface area (Å²) in [6.45, 7) is 4.83. The zero-order valence-corrected chi connectivity index (χ0v) is 13.9. The van der Waals surface area contributed by atoms with Crippen LogP contribution in [0.2, 0.25) is 0 Å². The van der Waals surface area contributed by atoms with Gasteiger partial charge in [-0.3, -0.25) is 9.69 Å². The summed E-state index contributed by atoms with van der Waals surface area (Å²) in [5.74, 6) is -0.476. The van der Waals surface area contributed by atoms with Crippen LogP contribution in [0.15, 0.2) is 36.5 Å². The highest BCUT2D eigenvalue weighted by atomic mass is 19.1. The van der Waals surface area contributed by atoms with Gasteiger partial charge in [-0.15, -0.1) is 0 Å². The second kappa shape index (κ2) is 7.57. The number of rotatable bonds is 5. The number of halogens is 1. The van der Waals surface area contributed by atoms with Crippen LogP contribution in [0.3, 0.4) is 0 Å². The first-order valence-corrected chi connectivity index (χ1v) is 8.47. The number of amides is 1. The molecule has 1 aliphatic rings. The number of piperidine rings is 1. The fraction of sp³-hybridized carbons (Fsp3) is 0.444. The van der Waals surface area contributed by atoms with Gasteiger partial charge in [0.15, 0.2) is 5.69 Å². The zero-order chi connectivity index (χ0) is 16.9. The summed E-state index contributed by atoms with van der Waals surface area (Å²) >= 11 is 0.